The van der Waals surface area contributed by atoms with Crippen molar-refractivity contribution in [1.82, 2.24) is 15.0 Å². The molecule has 0 atom stereocenters. The Bertz CT molecular complexity index is 469. The SMILES string of the molecule is CN(C)c1ncccc1NCc1cncnc1. The lowest BCUT2D eigenvalue weighted by molar-refractivity contribution is 1.03. The lowest BCUT2D eigenvalue weighted by Crippen LogP contribution is -2.13. The van der Waals surface area contributed by atoms with Crippen LogP contribution in [0.25, 0.3) is 0 Å². The Morgan fingerprint density at radius 2 is 2.00 bits per heavy atom. The molecule has 0 bridgehead atoms. The quantitative estimate of drug-likeness (QED) is 0.862. The van der Waals surface area contributed by atoms with Gasteiger partial charge >= 0.3 is 0 Å². The molecule has 2 rings (SSSR count). The summed E-state index contributed by atoms with van der Waals surface area (Å²) in [6, 6.07) is 3.92. The number of hydrogen-bond acceptors (Lipinski definition) is 5. The van der Waals surface area contributed by atoms with Gasteiger partial charge in [-0.05, 0) is 12.1 Å². The van der Waals surface area contributed by atoms with E-state index in [2.05, 4.69) is 20.3 Å². The minimum absolute atomic E-state index is 0.688. The average molecular weight is 229 g/mol. The highest BCUT2D eigenvalue weighted by Gasteiger charge is 2.04. The van der Waals surface area contributed by atoms with Crippen LogP contribution in [-0.4, -0.2) is 29.0 Å². The van der Waals surface area contributed by atoms with E-state index in [0.29, 0.717) is 6.54 Å². The number of pyridine rings is 1. The van der Waals surface area contributed by atoms with Gasteiger partial charge in [-0.2, -0.15) is 0 Å². The van der Waals surface area contributed by atoms with Crippen LogP contribution in [0.3, 0.4) is 0 Å². The van der Waals surface area contributed by atoms with E-state index >= 15 is 0 Å². The molecule has 0 saturated carbocycles. The molecule has 5 nitrogen and oxygen atoms in total. The van der Waals surface area contributed by atoms with Gasteiger partial charge in [0.2, 0.25) is 0 Å². The smallest absolute Gasteiger partial charge is 0.151 e. The molecule has 0 aliphatic heterocycles. The monoisotopic (exact) mass is 229 g/mol. The van der Waals surface area contributed by atoms with Crippen molar-refractivity contribution in [1.29, 1.82) is 0 Å². The van der Waals surface area contributed by atoms with Crippen LogP contribution in [-0.2, 0) is 6.54 Å². The van der Waals surface area contributed by atoms with Crippen molar-refractivity contribution in [2.24, 2.45) is 0 Å². The predicted molar refractivity (Wildman–Crippen MR) is 67.9 cm³/mol. The Morgan fingerprint density at radius 3 is 2.71 bits per heavy atom. The highest BCUT2D eigenvalue weighted by Crippen LogP contribution is 2.20. The fourth-order valence-electron chi connectivity index (χ4n) is 1.51. The first-order valence-corrected chi connectivity index (χ1v) is 5.37. The van der Waals surface area contributed by atoms with E-state index in [9.17, 15) is 0 Å². The van der Waals surface area contributed by atoms with E-state index in [1.165, 1.54) is 6.33 Å². The van der Waals surface area contributed by atoms with Gasteiger partial charge in [0, 0.05) is 44.8 Å². The first-order chi connectivity index (χ1) is 8.27. The number of anilines is 2. The zero-order valence-corrected chi connectivity index (χ0v) is 9.96. The van der Waals surface area contributed by atoms with Crippen molar-refractivity contribution >= 4 is 11.5 Å². The third-order valence-electron chi connectivity index (χ3n) is 2.31. The van der Waals surface area contributed by atoms with Gasteiger partial charge in [0.1, 0.15) is 6.33 Å². The van der Waals surface area contributed by atoms with E-state index in [0.717, 1.165) is 17.1 Å². The molecule has 88 valence electrons. The second-order valence-corrected chi connectivity index (χ2v) is 3.87. The Kier molecular flexibility index (Phi) is 3.49. The molecule has 0 fully saturated rings. The van der Waals surface area contributed by atoms with Crippen LogP contribution < -0.4 is 10.2 Å². The van der Waals surface area contributed by atoms with Gasteiger partial charge in [-0.3, -0.25) is 0 Å². The molecule has 0 aliphatic carbocycles. The molecule has 2 aromatic rings. The van der Waals surface area contributed by atoms with E-state index < -0.39 is 0 Å². The number of aromatic nitrogens is 3. The number of nitrogens with one attached hydrogen (secondary N) is 1. The molecule has 17 heavy (non-hydrogen) atoms. The summed E-state index contributed by atoms with van der Waals surface area (Å²) in [4.78, 5) is 14.3. The van der Waals surface area contributed by atoms with E-state index in [-0.39, 0.29) is 0 Å². The van der Waals surface area contributed by atoms with Gasteiger partial charge in [-0.1, -0.05) is 0 Å². The van der Waals surface area contributed by atoms with Crippen molar-refractivity contribution in [2.75, 3.05) is 24.3 Å². The Balaban J connectivity index is 2.09. The van der Waals surface area contributed by atoms with Crippen LogP contribution in [0.15, 0.2) is 37.1 Å². The normalized spacial score (nSPS) is 10.0. The van der Waals surface area contributed by atoms with Crippen molar-refractivity contribution in [3.63, 3.8) is 0 Å². The summed E-state index contributed by atoms with van der Waals surface area (Å²) in [5.74, 6) is 0.921. The van der Waals surface area contributed by atoms with Crippen LogP contribution in [0.2, 0.25) is 0 Å². The first kappa shape index (κ1) is 11.3. The van der Waals surface area contributed by atoms with E-state index in [1.54, 1.807) is 18.6 Å². The molecule has 0 radical (unpaired) electrons. The molecule has 2 heterocycles. The standard InChI is InChI=1S/C12H15N5/c1-17(2)12-11(4-3-5-15-12)16-8-10-6-13-9-14-7-10/h3-7,9,16H,8H2,1-2H3. The molecule has 0 spiro atoms. The Hall–Kier alpha value is -2.17. The summed E-state index contributed by atoms with van der Waals surface area (Å²) >= 11 is 0. The van der Waals surface area contributed by atoms with Gasteiger partial charge in [-0.15, -0.1) is 0 Å². The summed E-state index contributed by atoms with van der Waals surface area (Å²) in [6.45, 7) is 0.688. The fourth-order valence-corrected chi connectivity index (χ4v) is 1.51. The maximum absolute atomic E-state index is 4.32. The molecule has 0 unspecified atom stereocenters. The highest BCUT2D eigenvalue weighted by atomic mass is 15.2. The van der Waals surface area contributed by atoms with Gasteiger partial charge in [0.15, 0.2) is 5.82 Å². The topological polar surface area (TPSA) is 53.9 Å². The molecular weight excluding hydrogens is 214 g/mol. The van der Waals surface area contributed by atoms with Crippen molar-refractivity contribution in [3.05, 3.63) is 42.6 Å². The lowest BCUT2D eigenvalue weighted by Gasteiger charge is -2.16. The third-order valence-corrected chi connectivity index (χ3v) is 2.31. The van der Waals surface area contributed by atoms with Crippen LogP contribution >= 0.6 is 0 Å². The highest BCUT2D eigenvalue weighted by molar-refractivity contribution is 5.64. The molecular formula is C12H15N5. The molecule has 0 aromatic carbocycles. The van der Waals surface area contributed by atoms with Gasteiger partial charge in [0.25, 0.3) is 0 Å². The Morgan fingerprint density at radius 1 is 1.24 bits per heavy atom. The summed E-state index contributed by atoms with van der Waals surface area (Å²) < 4.78 is 0. The number of rotatable bonds is 4. The van der Waals surface area contributed by atoms with Crippen molar-refractivity contribution in [3.8, 4) is 0 Å². The molecule has 0 amide bonds. The zero-order valence-electron chi connectivity index (χ0n) is 9.96. The van der Waals surface area contributed by atoms with E-state index in [4.69, 9.17) is 0 Å². The lowest BCUT2D eigenvalue weighted by atomic mass is 10.3. The van der Waals surface area contributed by atoms with Crippen LogP contribution in [0.4, 0.5) is 11.5 Å². The minimum Gasteiger partial charge on any atom is -0.378 e. The zero-order chi connectivity index (χ0) is 12.1. The van der Waals surface area contributed by atoms with E-state index in [1.807, 2.05) is 31.1 Å². The second kappa shape index (κ2) is 5.25. The molecule has 0 saturated heterocycles. The number of hydrogen-bond donors (Lipinski definition) is 1. The molecule has 0 aliphatic rings. The van der Waals surface area contributed by atoms with Gasteiger partial charge < -0.3 is 10.2 Å². The summed E-state index contributed by atoms with van der Waals surface area (Å²) in [6.07, 6.45) is 6.91. The number of nitrogens with zero attached hydrogens (tertiary/aromatic N) is 4. The van der Waals surface area contributed by atoms with Gasteiger partial charge in [0.05, 0.1) is 5.69 Å². The fraction of sp³-hybridized carbons (Fsp3) is 0.250. The molecule has 2 aromatic heterocycles. The maximum atomic E-state index is 4.32. The second-order valence-electron chi connectivity index (χ2n) is 3.87. The minimum atomic E-state index is 0.688. The van der Waals surface area contributed by atoms with Gasteiger partial charge in [-0.25, -0.2) is 15.0 Å². The molecule has 5 heteroatoms. The van der Waals surface area contributed by atoms with Crippen molar-refractivity contribution < 1.29 is 0 Å². The maximum Gasteiger partial charge on any atom is 0.151 e. The van der Waals surface area contributed by atoms with Crippen LogP contribution in [0.1, 0.15) is 5.56 Å². The largest absolute Gasteiger partial charge is 0.378 e. The first-order valence-electron chi connectivity index (χ1n) is 5.37. The van der Waals surface area contributed by atoms with Crippen LogP contribution in [0, 0.1) is 0 Å². The third kappa shape index (κ3) is 2.90. The average Bonchev–Trinajstić information content (AvgIpc) is 2.38. The predicted octanol–water partition coefficient (Wildman–Crippen LogP) is 1.55. The summed E-state index contributed by atoms with van der Waals surface area (Å²) in [7, 11) is 3.94. The Labute approximate surface area is 101 Å². The van der Waals surface area contributed by atoms with Crippen molar-refractivity contribution in [2.45, 2.75) is 6.54 Å². The summed E-state index contributed by atoms with van der Waals surface area (Å²) in [5, 5.41) is 3.33. The van der Waals surface area contributed by atoms with Crippen LogP contribution in [0.5, 0.6) is 0 Å². The molecule has 1 N–H and O–H groups in total. The summed E-state index contributed by atoms with van der Waals surface area (Å²) in [5.41, 5.74) is 2.04.